The van der Waals surface area contributed by atoms with Gasteiger partial charge in [-0.1, -0.05) is 12.5 Å². The van der Waals surface area contributed by atoms with Crippen molar-refractivity contribution in [3.8, 4) is 0 Å². The van der Waals surface area contributed by atoms with Gasteiger partial charge in [-0.2, -0.15) is 0 Å². The van der Waals surface area contributed by atoms with Gasteiger partial charge in [-0.3, -0.25) is 0 Å². The third kappa shape index (κ3) is 1.51. The van der Waals surface area contributed by atoms with Gasteiger partial charge in [-0.25, -0.2) is 4.98 Å². The van der Waals surface area contributed by atoms with Gasteiger partial charge >= 0.3 is 0 Å². The summed E-state index contributed by atoms with van der Waals surface area (Å²) in [7, 11) is 0. The molecule has 2 N–H and O–H groups in total. The van der Waals surface area contributed by atoms with Crippen LogP contribution in [0.1, 0.15) is 25.0 Å². The molecule has 0 spiro atoms. The Balaban J connectivity index is 2.33. The fourth-order valence-electron chi connectivity index (χ4n) is 1.87. The Hall–Kier alpha value is -0.410. The van der Waals surface area contributed by atoms with Crippen LogP contribution in [-0.4, -0.2) is 11.5 Å². The van der Waals surface area contributed by atoms with E-state index in [1.807, 2.05) is 12.1 Å². The van der Waals surface area contributed by atoms with E-state index in [9.17, 15) is 0 Å². The summed E-state index contributed by atoms with van der Waals surface area (Å²) in [4.78, 5) is 4.47. The normalized spacial score (nSPS) is 19.5. The zero-order chi connectivity index (χ0) is 9.31. The van der Waals surface area contributed by atoms with E-state index in [1.165, 1.54) is 19.3 Å². The smallest absolute Gasteiger partial charge is 0.106 e. The minimum absolute atomic E-state index is 0.184. The van der Waals surface area contributed by atoms with Gasteiger partial charge in [0, 0.05) is 17.7 Å². The number of aromatic nitrogens is 1. The predicted molar refractivity (Wildman–Crippen MR) is 56.5 cm³/mol. The highest BCUT2D eigenvalue weighted by molar-refractivity contribution is 9.10. The summed E-state index contributed by atoms with van der Waals surface area (Å²) in [5.41, 5.74) is 7.13. The van der Waals surface area contributed by atoms with Crippen LogP contribution in [0.3, 0.4) is 0 Å². The molecule has 0 bridgehead atoms. The molecule has 13 heavy (non-hydrogen) atoms. The number of nitrogens with zero attached hydrogens (tertiary/aromatic N) is 1. The van der Waals surface area contributed by atoms with E-state index in [1.54, 1.807) is 0 Å². The van der Waals surface area contributed by atoms with Crippen LogP contribution in [-0.2, 0) is 5.41 Å². The van der Waals surface area contributed by atoms with Crippen LogP contribution >= 0.6 is 15.9 Å². The molecule has 2 nitrogen and oxygen atoms in total. The first-order valence-corrected chi connectivity index (χ1v) is 5.39. The van der Waals surface area contributed by atoms with Crippen LogP contribution < -0.4 is 5.73 Å². The second-order valence-electron chi connectivity index (χ2n) is 3.68. The topological polar surface area (TPSA) is 38.9 Å². The van der Waals surface area contributed by atoms with E-state index >= 15 is 0 Å². The average Bonchev–Trinajstić information content (AvgIpc) is 2.03. The molecule has 3 heteroatoms. The van der Waals surface area contributed by atoms with Gasteiger partial charge in [0.25, 0.3) is 0 Å². The zero-order valence-electron chi connectivity index (χ0n) is 7.46. The molecular weight excluding hydrogens is 228 g/mol. The number of hydrogen-bond acceptors (Lipinski definition) is 2. The van der Waals surface area contributed by atoms with E-state index < -0.39 is 0 Å². The molecule has 0 aliphatic heterocycles. The molecule has 0 amide bonds. The fourth-order valence-corrected chi connectivity index (χ4v) is 2.22. The van der Waals surface area contributed by atoms with Crippen LogP contribution in [0.15, 0.2) is 22.8 Å². The number of hydrogen-bond donors (Lipinski definition) is 1. The lowest BCUT2D eigenvalue weighted by Gasteiger charge is -2.40. The molecule has 0 radical (unpaired) electrons. The molecule has 2 rings (SSSR count). The van der Waals surface area contributed by atoms with Gasteiger partial charge in [0.15, 0.2) is 0 Å². The minimum atomic E-state index is 0.184. The van der Waals surface area contributed by atoms with E-state index in [4.69, 9.17) is 5.73 Å². The van der Waals surface area contributed by atoms with E-state index in [-0.39, 0.29) is 5.41 Å². The van der Waals surface area contributed by atoms with Gasteiger partial charge in [-0.05, 0) is 40.9 Å². The first-order valence-electron chi connectivity index (χ1n) is 4.60. The summed E-state index contributed by atoms with van der Waals surface area (Å²) in [6.45, 7) is 0.719. The third-order valence-corrected chi connectivity index (χ3v) is 3.40. The first-order chi connectivity index (χ1) is 6.27. The summed E-state index contributed by atoms with van der Waals surface area (Å²) >= 11 is 3.39. The number of rotatable bonds is 2. The highest BCUT2D eigenvalue weighted by atomic mass is 79.9. The molecule has 1 aromatic heterocycles. The van der Waals surface area contributed by atoms with Crippen molar-refractivity contribution in [2.75, 3.05) is 6.54 Å². The molecule has 1 saturated carbocycles. The zero-order valence-corrected chi connectivity index (χ0v) is 9.05. The fraction of sp³-hybridized carbons (Fsp3) is 0.500. The predicted octanol–water partition coefficient (Wildman–Crippen LogP) is 2.22. The lowest BCUT2D eigenvalue weighted by Crippen LogP contribution is -2.42. The van der Waals surface area contributed by atoms with E-state index in [2.05, 4.69) is 27.0 Å². The molecule has 1 aliphatic carbocycles. The van der Waals surface area contributed by atoms with Crippen molar-refractivity contribution in [2.24, 2.45) is 5.73 Å². The van der Waals surface area contributed by atoms with Gasteiger partial charge in [0.2, 0.25) is 0 Å². The summed E-state index contributed by atoms with van der Waals surface area (Å²) in [5.74, 6) is 0. The Morgan fingerprint density at radius 3 is 2.69 bits per heavy atom. The van der Waals surface area contributed by atoms with Crippen molar-refractivity contribution in [1.82, 2.24) is 4.98 Å². The van der Waals surface area contributed by atoms with Gasteiger partial charge < -0.3 is 5.73 Å². The van der Waals surface area contributed by atoms with Gasteiger partial charge in [0.05, 0.1) is 0 Å². The highest BCUT2D eigenvalue weighted by Crippen LogP contribution is 2.41. The number of pyridine rings is 1. The average molecular weight is 241 g/mol. The van der Waals surface area contributed by atoms with Crippen molar-refractivity contribution in [1.29, 1.82) is 0 Å². The highest BCUT2D eigenvalue weighted by Gasteiger charge is 2.38. The van der Waals surface area contributed by atoms with E-state index in [0.717, 1.165) is 16.8 Å². The molecule has 1 heterocycles. The van der Waals surface area contributed by atoms with Crippen LogP contribution in [0.5, 0.6) is 0 Å². The van der Waals surface area contributed by atoms with Crippen molar-refractivity contribution in [2.45, 2.75) is 24.7 Å². The summed E-state index contributed by atoms with van der Waals surface area (Å²) < 4.78 is 0.907. The van der Waals surface area contributed by atoms with E-state index in [0.29, 0.717) is 0 Å². The lowest BCUT2D eigenvalue weighted by molar-refractivity contribution is 0.245. The third-order valence-electron chi connectivity index (χ3n) is 2.96. The van der Waals surface area contributed by atoms with Gasteiger partial charge in [-0.15, -0.1) is 0 Å². The standard InChI is InChI=1S/C10H13BrN2/c11-9-4-1-3-8(13-9)10(7-12)5-2-6-10/h1,3-4H,2,5-7,12H2. The second-order valence-corrected chi connectivity index (χ2v) is 4.50. The Kier molecular flexibility index (Phi) is 2.39. The SMILES string of the molecule is NCC1(c2cccc(Br)n2)CCC1. The maximum absolute atomic E-state index is 5.80. The summed E-state index contributed by atoms with van der Waals surface area (Å²) in [5, 5.41) is 0. The van der Waals surface area contributed by atoms with Crippen molar-refractivity contribution in [3.05, 3.63) is 28.5 Å². The van der Waals surface area contributed by atoms with Crippen LogP contribution in [0, 0.1) is 0 Å². The second kappa shape index (κ2) is 3.39. The lowest BCUT2D eigenvalue weighted by atomic mass is 9.66. The monoisotopic (exact) mass is 240 g/mol. The minimum Gasteiger partial charge on any atom is -0.330 e. The molecule has 0 saturated heterocycles. The van der Waals surface area contributed by atoms with Crippen LogP contribution in [0.4, 0.5) is 0 Å². The van der Waals surface area contributed by atoms with Crippen molar-refractivity contribution >= 4 is 15.9 Å². The molecule has 1 aliphatic rings. The maximum Gasteiger partial charge on any atom is 0.106 e. The Morgan fingerprint density at radius 1 is 1.46 bits per heavy atom. The maximum atomic E-state index is 5.80. The number of nitrogens with two attached hydrogens (primary N) is 1. The van der Waals surface area contributed by atoms with Crippen molar-refractivity contribution in [3.63, 3.8) is 0 Å². The molecule has 1 aromatic rings. The van der Waals surface area contributed by atoms with Gasteiger partial charge in [0.1, 0.15) is 4.60 Å². The van der Waals surface area contributed by atoms with Crippen LogP contribution in [0.2, 0.25) is 0 Å². The molecule has 1 fully saturated rings. The summed E-state index contributed by atoms with van der Waals surface area (Å²) in [6, 6.07) is 6.06. The molecule has 0 unspecified atom stereocenters. The van der Waals surface area contributed by atoms with Crippen molar-refractivity contribution < 1.29 is 0 Å². The molecule has 70 valence electrons. The number of halogens is 1. The summed E-state index contributed by atoms with van der Waals surface area (Å²) in [6.07, 6.45) is 3.66. The Bertz CT molecular complexity index is 302. The molecule has 0 aromatic carbocycles. The quantitative estimate of drug-likeness (QED) is 0.806. The largest absolute Gasteiger partial charge is 0.330 e. The first kappa shape index (κ1) is 9.16. The molecular formula is C10H13BrN2. The van der Waals surface area contributed by atoms with Crippen LogP contribution in [0.25, 0.3) is 0 Å². The Labute approximate surface area is 86.7 Å². The Morgan fingerprint density at radius 2 is 2.23 bits per heavy atom. The molecule has 0 atom stereocenters.